The summed E-state index contributed by atoms with van der Waals surface area (Å²) in [5.74, 6) is 0. The first kappa shape index (κ1) is 12.6. The third-order valence-corrected chi connectivity index (χ3v) is 4.01. The molecule has 1 atom stereocenters. The Balaban J connectivity index is 2.14. The van der Waals surface area contributed by atoms with Crippen molar-refractivity contribution in [3.05, 3.63) is 35.8 Å². The molecule has 1 fully saturated rings. The SMILES string of the molecule is Cc1nc2ccccn2c1C(C(N)=S)N1CCCC1. The fourth-order valence-electron chi connectivity index (χ4n) is 2.95. The average Bonchev–Trinajstić information content (AvgIpc) is 2.99. The molecule has 19 heavy (non-hydrogen) atoms. The highest BCUT2D eigenvalue weighted by Gasteiger charge is 2.29. The van der Waals surface area contributed by atoms with Gasteiger partial charge in [0.25, 0.3) is 0 Å². The highest BCUT2D eigenvalue weighted by molar-refractivity contribution is 7.80. The summed E-state index contributed by atoms with van der Waals surface area (Å²) in [6.45, 7) is 4.15. The Bertz CT molecular complexity index is 613. The molecule has 100 valence electrons. The summed E-state index contributed by atoms with van der Waals surface area (Å²) < 4.78 is 2.11. The van der Waals surface area contributed by atoms with Crippen LogP contribution in [0.15, 0.2) is 24.4 Å². The van der Waals surface area contributed by atoms with Gasteiger partial charge in [-0.1, -0.05) is 18.3 Å². The van der Waals surface area contributed by atoms with Gasteiger partial charge in [-0.05, 0) is 45.0 Å². The molecule has 0 aliphatic carbocycles. The number of nitrogens with two attached hydrogens (primary N) is 1. The number of hydrogen-bond acceptors (Lipinski definition) is 3. The minimum absolute atomic E-state index is 0.00472. The minimum Gasteiger partial charge on any atom is -0.392 e. The van der Waals surface area contributed by atoms with E-state index in [1.807, 2.05) is 31.3 Å². The lowest BCUT2D eigenvalue weighted by molar-refractivity contribution is 0.299. The van der Waals surface area contributed by atoms with E-state index in [-0.39, 0.29) is 6.04 Å². The second-order valence-corrected chi connectivity index (χ2v) is 5.53. The number of nitrogens with zero attached hydrogens (tertiary/aromatic N) is 3. The summed E-state index contributed by atoms with van der Waals surface area (Å²) in [5.41, 5.74) is 9.10. The van der Waals surface area contributed by atoms with Crippen molar-refractivity contribution in [1.82, 2.24) is 14.3 Å². The number of imidazole rings is 1. The maximum absolute atomic E-state index is 6.02. The Morgan fingerprint density at radius 2 is 2.11 bits per heavy atom. The molecule has 0 aromatic carbocycles. The number of hydrogen-bond donors (Lipinski definition) is 1. The molecule has 1 unspecified atom stereocenters. The second-order valence-electron chi connectivity index (χ2n) is 5.06. The van der Waals surface area contributed by atoms with E-state index >= 15 is 0 Å². The van der Waals surface area contributed by atoms with Gasteiger partial charge in [0.1, 0.15) is 11.7 Å². The molecule has 0 radical (unpaired) electrons. The average molecular weight is 274 g/mol. The van der Waals surface area contributed by atoms with Crippen LogP contribution in [0.5, 0.6) is 0 Å². The van der Waals surface area contributed by atoms with Crippen LogP contribution < -0.4 is 5.73 Å². The molecule has 1 aliphatic heterocycles. The largest absolute Gasteiger partial charge is 0.392 e. The number of rotatable bonds is 3. The van der Waals surface area contributed by atoms with Crippen molar-refractivity contribution in [3.63, 3.8) is 0 Å². The van der Waals surface area contributed by atoms with Crippen molar-refractivity contribution in [2.45, 2.75) is 25.8 Å². The number of fused-ring (bicyclic) bond motifs is 1. The highest BCUT2D eigenvalue weighted by atomic mass is 32.1. The zero-order valence-corrected chi connectivity index (χ0v) is 11.9. The summed E-state index contributed by atoms with van der Waals surface area (Å²) in [5, 5.41) is 0. The first-order chi connectivity index (χ1) is 9.18. The number of aromatic nitrogens is 2. The molecule has 1 saturated heterocycles. The third kappa shape index (κ3) is 2.13. The zero-order valence-electron chi connectivity index (χ0n) is 11.0. The fraction of sp³-hybridized carbons (Fsp3) is 0.429. The van der Waals surface area contributed by atoms with Crippen molar-refractivity contribution >= 4 is 22.9 Å². The van der Waals surface area contributed by atoms with Crippen LogP contribution >= 0.6 is 12.2 Å². The van der Waals surface area contributed by atoms with Crippen LogP contribution in [0, 0.1) is 6.92 Å². The lowest BCUT2D eigenvalue weighted by Crippen LogP contribution is -2.36. The summed E-state index contributed by atoms with van der Waals surface area (Å²) >= 11 is 5.32. The molecule has 2 aromatic rings. The minimum atomic E-state index is -0.00472. The standard InChI is InChI=1S/C14H18N4S/c1-10-12(18-9-3-2-6-11(18)16-10)13(14(15)19)17-7-4-5-8-17/h2-3,6,9,13H,4-5,7-8H2,1H3,(H2,15,19). The molecule has 1 aliphatic rings. The predicted octanol–water partition coefficient (Wildman–Crippen LogP) is 2.07. The van der Waals surface area contributed by atoms with Gasteiger partial charge in [0.05, 0.1) is 16.4 Å². The Morgan fingerprint density at radius 1 is 1.37 bits per heavy atom. The lowest BCUT2D eigenvalue weighted by Gasteiger charge is -2.26. The first-order valence-corrected chi connectivity index (χ1v) is 7.06. The topological polar surface area (TPSA) is 46.6 Å². The van der Waals surface area contributed by atoms with E-state index in [0.29, 0.717) is 4.99 Å². The van der Waals surface area contributed by atoms with Gasteiger partial charge in [0, 0.05) is 6.20 Å². The normalized spacial score (nSPS) is 17.9. The van der Waals surface area contributed by atoms with Crippen molar-refractivity contribution in [1.29, 1.82) is 0 Å². The van der Waals surface area contributed by atoms with Gasteiger partial charge in [-0.2, -0.15) is 0 Å². The summed E-state index contributed by atoms with van der Waals surface area (Å²) in [6, 6.07) is 6.02. The maximum atomic E-state index is 6.02. The molecule has 2 N–H and O–H groups in total. The Morgan fingerprint density at radius 3 is 2.79 bits per heavy atom. The maximum Gasteiger partial charge on any atom is 0.137 e. The van der Waals surface area contributed by atoms with Gasteiger partial charge in [-0.3, -0.25) is 4.90 Å². The predicted molar refractivity (Wildman–Crippen MR) is 80.3 cm³/mol. The molecule has 5 heteroatoms. The molecular weight excluding hydrogens is 256 g/mol. The van der Waals surface area contributed by atoms with E-state index in [4.69, 9.17) is 18.0 Å². The molecule has 0 spiro atoms. The quantitative estimate of drug-likeness (QED) is 0.870. The van der Waals surface area contributed by atoms with Gasteiger partial charge in [-0.25, -0.2) is 4.98 Å². The van der Waals surface area contributed by atoms with E-state index in [0.717, 1.165) is 30.1 Å². The number of likely N-dealkylation sites (tertiary alicyclic amines) is 1. The van der Waals surface area contributed by atoms with E-state index in [1.165, 1.54) is 12.8 Å². The van der Waals surface area contributed by atoms with Gasteiger partial charge in [0.15, 0.2) is 0 Å². The summed E-state index contributed by atoms with van der Waals surface area (Å²) in [4.78, 5) is 7.51. The van der Waals surface area contributed by atoms with Crippen molar-refractivity contribution in [2.24, 2.45) is 5.73 Å². The van der Waals surface area contributed by atoms with Crippen molar-refractivity contribution < 1.29 is 0 Å². The first-order valence-electron chi connectivity index (χ1n) is 6.65. The fourth-order valence-corrected chi connectivity index (χ4v) is 3.21. The van der Waals surface area contributed by atoms with Gasteiger partial charge in [0.2, 0.25) is 0 Å². The molecule has 0 bridgehead atoms. The zero-order chi connectivity index (χ0) is 13.4. The summed E-state index contributed by atoms with van der Waals surface area (Å²) in [6.07, 6.45) is 4.47. The Hall–Kier alpha value is -1.46. The number of pyridine rings is 1. The van der Waals surface area contributed by atoms with Crippen LogP contribution in [0.2, 0.25) is 0 Å². The molecule has 0 amide bonds. The van der Waals surface area contributed by atoms with E-state index in [2.05, 4.69) is 14.3 Å². The third-order valence-electron chi connectivity index (χ3n) is 3.79. The Kier molecular flexibility index (Phi) is 3.24. The van der Waals surface area contributed by atoms with Crippen molar-refractivity contribution in [2.75, 3.05) is 13.1 Å². The van der Waals surface area contributed by atoms with E-state index < -0.39 is 0 Å². The van der Waals surface area contributed by atoms with Gasteiger partial charge < -0.3 is 10.1 Å². The smallest absolute Gasteiger partial charge is 0.137 e. The number of aryl methyl sites for hydroxylation is 1. The van der Waals surface area contributed by atoms with Crippen LogP contribution in [0.25, 0.3) is 5.65 Å². The second kappa shape index (κ2) is 4.90. The molecule has 3 heterocycles. The molecule has 4 nitrogen and oxygen atoms in total. The van der Waals surface area contributed by atoms with Crippen LogP contribution in [0.1, 0.15) is 30.3 Å². The van der Waals surface area contributed by atoms with Crippen LogP contribution in [-0.4, -0.2) is 32.4 Å². The molecular formula is C14H18N4S. The van der Waals surface area contributed by atoms with E-state index in [1.54, 1.807) is 0 Å². The number of thiocarbonyl (C=S) groups is 1. The van der Waals surface area contributed by atoms with Gasteiger partial charge >= 0.3 is 0 Å². The summed E-state index contributed by atoms with van der Waals surface area (Å²) in [7, 11) is 0. The molecule has 2 aromatic heterocycles. The van der Waals surface area contributed by atoms with Crippen molar-refractivity contribution in [3.8, 4) is 0 Å². The van der Waals surface area contributed by atoms with Crippen LogP contribution in [0.4, 0.5) is 0 Å². The Labute approximate surface area is 118 Å². The molecule has 0 saturated carbocycles. The monoisotopic (exact) mass is 274 g/mol. The van der Waals surface area contributed by atoms with Crippen LogP contribution in [0.3, 0.4) is 0 Å². The lowest BCUT2D eigenvalue weighted by atomic mass is 10.1. The van der Waals surface area contributed by atoms with Gasteiger partial charge in [-0.15, -0.1) is 0 Å². The van der Waals surface area contributed by atoms with E-state index in [9.17, 15) is 0 Å². The highest BCUT2D eigenvalue weighted by Crippen LogP contribution is 2.28. The molecule has 3 rings (SSSR count). The van der Waals surface area contributed by atoms with Crippen LogP contribution in [-0.2, 0) is 0 Å².